The van der Waals surface area contributed by atoms with Crippen molar-refractivity contribution in [2.24, 2.45) is 0 Å². The Bertz CT molecular complexity index is 751. The number of rotatable bonds is 2. The Hall–Kier alpha value is -2.02. The zero-order valence-electron chi connectivity index (χ0n) is 11.2. The molecular weight excluding hydrogens is 280 g/mol. The molecule has 106 valence electrons. The summed E-state index contributed by atoms with van der Waals surface area (Å²) in [5.74, 6) is 0.891. The smallest absolute Gasteiger partial charge is 0.298 e. The number of ether oxygens (including phenoxy) is 1. The number of hydrogen-bond donors (Lipinski definition) is 0. The summed E-state index contributed by atoms with van der Waals surface area (Å²) in [6, 6.07) is 6.54. The third kappa shape index (κ3) is 2.03. The second-order valence-corrected chi connectivity index (χ2v) is 6.36. The van der Waals surface area contributed by atoms with E-state index < -0.39 is 10.0 Å². The number of fused-ring (bicyclic) bond motifs is 1. The van der Waals surface area contributed by atoms with Gasteiger partial charge in [-0.1, -0.05) is 0 Å². The van der Waals surface area contributed by atoms with Gasteiger partial charge in [-0.2, -0.15) is 8.42 Å². The lowest BCUT2D eigenvalue weighted by molar-refractivity contribution is 0.302. The fourth-order valence-corrected chi connectivity index (χ4v) is 3.48. The van der Waals surface area contributed by atoms with E-state index in [-0.39, 0.29) is 18.2 Å². The summed E-state index contributed by atoms with van der Waals surface area (Å²) in [6.07, 6.45) is 0. The summed E-state index contributed by atoms with van der Waals surface area (Å²) in [5, 5.41) is -0.0663. The van der Waals surface area contributed by atoms with Gasteiger partial charge < -0.3 is 9.15 Å². The van der Waals surface area contributed by atoms with Crippen LogP contribution in [-0.2, 0) is 10.0 Å². The van der Waals surface area contributed by atoms with E-state index >= 15 is 0 Å². The minimum Gasteiger partial charge on any atom is -0.474 e. The van der Waals surface area contributed by atoms with Crippen molar-refractivity contribution < 1.29 is 17.6 Å². The van der Waals surface area contributed by atoms with E-state index in [4.69, 9.17) is 9.15 Å². The number of aryl methyl sites for hydroxylation is 2. The predicted molar refractivity (Wildman–Crippen MR) is 72.4 cm³/mol. The average molecular weight is 294 g/mol. The van der Waals surface area contributed by atoms with Gasteiger partial charge in [-0.15, -0.1) is 0 Å². The van der Waals surface area contributed by atoms with Crippen molar-refractivity contribution >= 4 is 15.7 Å². The molecular formula is C13H14N2O4S. The standard InChI is InChI=1S/C13H14N2O4S/c1-9-3-5-11-13(14-9)18-8-7-15(11)20(16,17)12-6-4-10(2)19-12/h3-6H,7-8H2,1-2H3. The van der Waals surface area contributed by atoms with Crippen molar-refractivity contribution in [3.63, 3.8) is 0 Å². The van der Waals surface area contributed by atoms with Crippen molar-refractivity contribution in [3.05, 3.63) is 35.7 Å². The van der Waals surface area contributed by atoms with E-state index in [9.17, 15) is 8.42 Å². The van der Waals surface area contributed by atoms with E-state index in [0.717, 1.165) is 5.69 Å². The van der Waals surface area contributed by atoms with Crippen molar-refractivity contribution in [1.29, 1.82) is 0 Å². The molecule has 0 unspecified atom stereocenters. The van der Waals surface area contributed by atoms with Gasteiger partial charge in [0.25, 0.3) is 10.0 Å². The highest BCUT2D eigenvalue weighted by Crippen LogP contribution is 2.34. The largest absolute Gasteiger partial charge is 0.474 e. The lowest BCUT2D eigenvalue weighted by Gasteiger charge is -2.28. The molecule has 0 N–H and O–H groups in total. The van der Waals surface area contributed by atoms with Crippen LogP contribution in [0.4, 0.5) is 5.69 Å². The van der Waals surface area contributed by atoms with E-state index in [0.29, 0.717) is 17.3 Å². The van der Waals surface area contributed by atoms with Crippen LogP contribution in [0.1, 0.15) is 11.5 Å². The molecule has 1 aliphatic heterocycles. The molecule has 0 spiro atoms. The molecule has 3 heterocycles. The predicted octanol–water partition coefficient (Wildman–Crippen LogP) is 1.88. The number of anilines is 1. The quantitative estimate of drug-likeness (QED) is 0.845. The molecule has 0 saturated carbocycles. The fraction of sp³-hybridized carbons (Fsp3) is 0.308. The van der Waals surface area contributed by atoms with Crippen LogP contribution in [0.15, 0.2) is 33.8 Å². The van der Waals surface area contributed by atoms with Gasteiger partial charge >= 0.3 is 0 Å². The highest BCUT2D eigenvalue weighted by atomic mass is 32.2. The molecule has 0 atom stereocenters. The van der Waals surface area contributed by atoms with Crippen LogP contribution < -0.4 is 9.04 Å². The van der Waals surface area contributed by atoms with Gasteiger partial charge in [0, 0.05) is 5.69 Å². The maximum absolute atomic E-state index is 12.6. The Morgan fingerprint density at radius 2 is 2.00 bits per heavy atom. The van der Waals surface area contributed by atoms with Gasteiger partial charge in [0.05, 0.1) is 6.54 Å². The van der Waals surface area contributed by atoms with Gasteiger partial charge in [0.1, 0.15) is 18.1 Å². The first-order valence-electron chi connectivity index (χ1n) is 6.18. The second-order valence-electron chi connectivity index (χ2n) is 4.57. The number of hydrogen-bond acceptors (Lipinski definition) is 5. The topological polar surface area (TPSA) is 72.6 Å². The van der Waals surface area contributed by atoms with Crippen molar-refractivity contribution in [3.8, 4) is 5.88 Å². The van der Waals surface area contributed by atoms with Gasteiger partial charge in [0.15, 0.2) is 0 Å². The average Bonchev–Trinajstić information content (AvgIpc) is 2.85. The molecule has 0 aliphatic carbocycles. The number of pyridine rings is 1. The van der Waals surface area contributed by atoms with E-state index in [1.165, 1.54) is 10.4 Å². The minimum absolute atomic E-state index is 0.0663. The Balaban J connectivity index is 2.08. The summed E-state index contributed by atoms with van der Waals surface area (Å²) < 4.78 is 37.1. The summed E-state index contributed by atoms with van der Waals surface area (Å²) >= 11 is 0. The maximum Gasteiger partial charge on any atom is 0.298 e. The van der Waals surface area contributed by atoms with Crippen molar-refractivity contribution in [2.45, 2.75) is 18.9 Å². The molecule has 7 heteroatoms. The molecule has 0 fully saturated rings. The SMILES string of the molecule is Cc1ccc2c(n1)OCCN2S(=O)(=O)c1ccc(C)o1. The summed E-state index contributed by atoms with van der Waals surface area (Å²) in [6.45, 7) is 4.03. The maximum atomic E-state index is 12.6. The minimum atomic E-state index is -3.72. The molecule has 2 aromatic heterocycles. The number of sulfonamides is 1. The third-order valence-electron chi connectivity index (χ3n) is 3.04. The van der Waals surface area contributed by atoms with E-state index in [1.807, 2.05) is 6.92 Å². The Morgan fingerprint density at radius 3 is 2.70 bits per heavy atom. The van der Waals surface area contributed by atoms with Crippen molar-refractivity contribution in [1.82, 2.24) is 4.98 Å². The highest BCUT2D eigenvalue weighted by molar-refractivity contribution is 7.92. The Morgan fingerprint density at radius 1 is 1.20 bits per heavy atom. The monoisotopic (exact) mass is 294 g/mol. The summed E-state index contributed by atoms with van der Waals surface area (Å²) in [5.41, 5.74) is 1.22. The third-order valence-corrected chi connectivity index (χ3v) is 4.73. The first-order chi connectivity index (χ1) is 9.48. The summed E-state index contributed by atoms with van der Waals surface area (Å²) in [7, 11) is -3.72. The molecule has 6 nitrogen and oxygen atoms in total. The summed E-state index contributed by atoms with van der Waals surface area (Å²) in [4.78, 5) is 4.22. The van der Waals surface area contributed by atoms with Crippen LogP contribution in [0.25, 0.3) is 0 Å². The molecule has 0 bridgehead atoms. The second kappa shape index (κ2) is 4.52. The molecule has 2 aromatic rings. The van der Waals surface area contributed by atoms with Crippen LogP contribution in [0.5, 0.6) is 5.88 Å². The normalized spacial score (nSPS) is 14.8. The molecule has 0 radical (unpaired) electrons. The van der Waals surface area contributed by atoms with E-state index in [1.54, 1.807) is 25.1 Å². The van der Waals surface area contributed by atoms with Gasteiger partial charge in [0.2, 0.25) is 11.0 Å². The number of nitrogens with zero attached hydrogens (tertiary/aromatic N) is 2. The molecule has 0 aromatic carbocycles. The zero-order valence-corrected chi connectivity index (χ0v) is 12.0. The lowest BCUT2D eigenvalue weighted by Crippen LogP contribution is -2.38. The van der Waals surface area contributed by atoms with Crippen LogP contribution in [0.2, 0.25) is 0 Å². The Kier molecular flexibility index (Phi) is 2.93. The van der Waals surface area contributed by atoms with E-state index in [2.05, 4.69) is 4.98 Å². The van der Waals surface area contributed by atoms with Crippen LogP contribution >= 0.6 is 0 Å². The number of furan rings is 1. The van der Waals surface area contributed by atoms with Crippen molar-refractivity contribution in [2.75, 3.05) is 17.5 Å². The van der Waals surface area contributed by atoms with Crippen LogP contribution in [0, 0.1) is 13.8 Å². The van der Waals surface area contributed by atoms with Gasteiger partial charge in [-0.05, 0) is 38.1 Å². The van der Waals surface area contributed by atoms with Gasteiger partial charge in [-0.25, -0.2) is 4.98 Å². The number of aromatic nitrogens is 1. The first kappa shape index (κ1) is 13.0. The van der Waals surface area contributed by atoms with Crippen LogP contribution in [-0.4, -0.2) is 26.6 Å². The first-order valence-corrected chi connectivity index (χ1v) is 7.62. The zero-order chi connectivity index (χ0) is 14.3. The fourth-order valence-electron chi connectivity index (χ4n) is 2.08. The molecule has 0 saturated heterocycles. The van der Waals surface area contributed by atoms with Crippen LogP contribution in [0.3, 0.4) is 0 Å². The molecule has 1 aliphatic rings. The molecule has 3 rings (SSSR count). The lowest BCUT2D eigenvalue weighted by atomic mass is 10.3. The van der Waals surface area contributed by atoms with Gasteiger partial charge in [-0.3, -0.25) is 4.31 Å². The molecule has 20 heavy (non-hydrogen) atoms. The Labute approximate surface area is 117 Å². The molecule has 0 amide bonds. The highest BCUT2D eigenvalue weighted by Gasteiger charge is 2.32.